The zero-order valence-corrected chi connectivity index (χ0v) is 12.0. The predicted octanol–water partition coefficient (Wildman–Crippen LogP) is 2.71. The normalized spacial score (nSPS) is 12.3. The van der Waals surface area contributed by atoms with E-state index < -0.39 is 5.91 Å². The number of carbonyl (C=O) groups is 1. The molecule has 0 aliphatic heterocycles. The molecule has 3 N–H and O–H groups in total. The summed E-state index contributed by atoms with van der Waals surface area (Å²) in [5, 5.41) is 5.15. The summed E-state index contributed by atoms with van der Waals surface area (Å²) in [5.41, 5.74) is 6.86. The maximum absolute atomic E-state index is 12.8. The Hall–Kier alpha value is -1.72. The Labute approximate surface area is 121 Å². The molecule has 2 aromatic rings. The molecule has 5 heteroatoms. The highest BCUT2D eigenvalue weighted by molar-refractivity contribution is 7.10. The van der Waals surface area contributed by atoms with Crippen molar-refractivity contribution in [3.63, 3.8) is 0 Å². The maximum atomic E-state index is 12.8. The quantitative estimate of drug-likeness (QED) is 0.860. The van der Waals surface area contributed by atoms with Crippen LogP contribution in [-0.2, 0) is 13.0 Å². The van der Waals surface area contributed by atoms with E-state index in [1.54, 1.807) is 17.5 Å². The van der Waals surface area contributed by atoms with Gasteiger partial charge in [-0.2, -0.15) is 0 Å². The second-order valence-corrected chi connectivity index (χ2v) is 5.77. The summed E-state index contributed by atoms with van der Waals surface area (Å²) in [6.07, 6.45) is 0.828. The van der Waals surface area contributed by atoms with Crippen LogP contribution in [-0.4, -0.2) is 11.9 Å². The molecule has 1 aromatic carbocycles. The Bertz CT molecular complexity index is 580. The number of hydrogen-bond acceptors (Lipinski definition) is 3. The van der Waals surface area contributed by atoms with E-state index in [9.17, 15) is 9.18 Å². The van der Waals surface area contributed by atoms with Crippen molar-refractivity contribution in [1.82, 2.24) is 5.32 Å². The molecule has 1 aromatic heterocycles. The first-order chi connectivity index (χ1) is 9.54. The first-order valence-corrected chi connectivity index (χ1v) is 7.27. The molecule has 1 amide bonds. The van der Waals surface area contributed by atoms with Crippen molar-refractivity contribution < 1.29 is 9.18 Å². The van der Waals surface area contributed by atoms with Gasteiger partial charge in [-0.15, -0.1) is 11.3 Å². The molecular formula is C15H17FN2OS. The molecule has 20 heavy (non-hydrogen) atoms. The Morgan fingerprint density at radius 2 is 2.10 bits per heavy atom. The molecule has 1 atom stereocenters. The fourth-order valence-corrected chi connectivity index (χ4v) is 2.75. The third-order valence-corrected chi connectivity index (χ3v) is 3.95. The summed E-state index contributed by atoms with van der Waals surface area (Å²) in [5.74, 6) is -0.612. The van der Waals surface area contributed by atoms with E-state index in [1.165, 1.54) is 23.5 Å². The van der Waals surface area contributed by atoms with Crippen molar-refractivity contribution >= 4 is 17.2 Å². The van der Waals surface area contributed by atoms with E-state index in [1.807, 2.05) is 6.07 Å². The van der Waals surface area contributed by atoms with E-state index in [4.69, 9.17) is 5.73 Å². The number of hydrogen-bond donors (Lipinski definition) is 2. The Kier molecular flexibility index (Phi) is 4.87. The first-order valence-electron chi connectivity index (χ1n) is 6.39. The molecule has 0 saturated heterocycles. The van der Waals surface area contributed by atoms with Gasteiger partial charge in [0, 0.05) is 22.8 Å². The predicted molar refractivity (Wildman–Crippen MR) is 79.2 cm³/mol. The van der Waals surface area contributed by atoms with Crippen LogP contribution in [0.3, 0.4) is 0 Å². The van der Waals surface area contributed by atoms with E-state index in [0.29, 0.717) is 12.1 Å². The lowest BCUT2D eigenvalue weighted by Gasteiger charge is -2.13. The highest BCUT2D eigenvalue weighted by Gasteiger charge is 2.07. The number of benzene rings is 1. The van der Waals surface area contributed by atoms with Crippen molar-refractivity contribution in [3.8, 4) is 0 Å². The minimum absolute atomic E-state index is 0.216. The van der Waals surface area contributed by atoms with Crippen LogP contribution in [0.1, 0.15) is 27.7 Å². The van der Waals surface area contributed by atoms with Gasteiger partial charge in [0.2, 0.25) is 5.91 Å². The second kappa shape index (κ2) is 6.63. The van der Waals surface area contributed by atoms with Crippen LogP contribution in [0.15, 0.2) is 35.7 Å². The third-order valence-electron chi connectivity index (χ3n) is 3.02. The summed E-state index contributed by atoms with van der Waals surface area (Å²) in [6.45, 7) is 2.77. The number of halogens is 1. The Balaban J connectivity index is 1.83. The molecular weight excluding hydrogens is 275 g/mol. The highest BCUT2D eigenvalue weighted by atomic mass is 32.1. The molecule has 0 aliphatic rings. The number of nitrogens with two attached hydrogens (primary N) is 1. The maximum Gasteiger partial charge on any atom is 0.249 e. The lowest BCUT2D eigenvalue weighted by Crippen LogP contribution is -2.27. The number of amides is 1. The van der Waals surface area contributed by atoms with Crippen molar-refractivity contribution in [3.05, 3.63) is 57.5 Å². The first kappa shape index (κ1) is 14.7. The van der Waals surface area contributed by atoms with E-state index in [0.717, 1.165) is 16.9 Å². The molecule has 1 unspecified atom stereocenters. The fraction of sp³-hybridized carbons (Fsp3) is 0.267. The summed E-state index contributed by atoms with van der Waals surface area (Å²) < 4.78 is 12.8. The lowest BCUT2D eigenvalue weighted by atomic mass is 10.1. The van der Waals surface area contributed by atoms with Crippen LogP contribution in [0, 0.1) is 5.82 Å². The number of primary amides is 1. The van der Waals surface area contributed by atoms with Crippen LogP contribution in [0.5, 0.6) is 0 Å². The van der Waals surface area contributed by atoms with Gasteiger partial charge < -0.3 is 11.1 Å². The molecule has 3 nitrogen and oxygen atoms in total. The molecule has 0 spiro atoms. The van der Waals surface area contributed by atoms with E-state index >= 15 is 0 Å². The molecule has 0 radical (unpaired) electrons. The minimum atomic E-state index is -0.396. The van der Waals surface area contributed by atoms with Gasteiger partial charge in [-0.25, -0.2) is 4.39 Å². The number of carbonyl (C=O) groups excluding carboxylic acids is 1. The SMILES string of the molecule is CC(Cc1ccc(F)cc1)NCc1cc(C(N)=O)cs1. The number of thiophene rings is 1. The molecule has 1 heterocycles. The van der Waals surface area contributed by atoms with E-state index in [-0.39, 0.29) is 11.9 Å². The zero-order chi connectivity index (χ0) is 14.5. The average Bonchev–Trinajstić information content (AvgIpc) is 2.88. The minimum Gasteiger partial charge on any atom is -0.366 e. The molecule has 106 valence electrons. The Morgan fingerprint density at radius 3 is 2.70 bits per heavy atom. The van der Waals surface area contributed by atoms with Gasteiger partial charge in [0.15, 0.2) is 0 Å². The van der Waals surface area contributed by atoms with E-state index in [2.05, 4.69) is 12.2 Å². The third kappa shape index (κ3) is 4.15. The molecule has 0 saturated carbocycles. The monoisotopic (exact) mass is 292 g/mol. The van der Waals surface area contributed by atoms with Gasteiger partial charge in [0.05, 0.1) is 5.56 Å². The molecule has 0 aliphatic carbocycles. The molecule has 0 bridgehead atoms. The van der Waals surface area contributed by atoms with Crippen LogP contribution < -0.4 is 11.1 Å². The van der Waals surface area contributed by atoms with Gasteiger partial charge in [-0.1, -0.05) is 12.1 Å². The second-order valence-electron chi connectivity index (χ2n) is 4.78. The highest BCUT2D eigenvalue weighted by Crippen LogP contribution is 2.14. The molecule has 0 fully saturated rings. The largest absolute Gasteiger partial charge is 0.366 e. The topological polar surface area (TPSA) is 55.1 Å². The van der Waals surface area contributed by atoms with Crippen molar-refractivity contribution in [1.29, 1.82) is 0 Å². The van der Waals surface area contributed by atoms with Crippen LogP contribution in [0.4, 0.5) is 4.39 Å². The van der Waals surface area contributed by atoms with Gasteiger partial charge in [0.25, 0.3) is 0 Å². The van der Waals surface area contributed by atoms with Gasteiger partial charge in [-0.05, 0) is 37.1 Å². The Morgan fingerprint density at radius 1 is 1.40 bits per heavy atom. The van der Waals surface area contributed by atoms with Gasteiger partial charge in [0.1, 0.15) is 5.82 Å². The summed E-state index contributed by atoms with van der Waals surface area (Å²) in [7, 11) is 0. The average molecular weight is 292 g/mol. The van der Waals surface area contributed by atoms with Gasteiger partial charge >= 0.3 is 0 Å². The van der Waals surface area contributed by atoms with Crippen LogP contribution >= 0.6 is 11.3 Å². The fourth-order valence-electron chi connectivity index (χ4n) is 1.92. The summed E-state index contributed by atoms with van der Waals surface area (Å²) in [4.78, 5) is 12.1. The summed E-state index contributed by atoms with van der Waals surface area (Å²) >= 11 is 1.52. The number of nitrogens with one attached hydrogen (secondary N) is 1. The van der Waals surface area contributed by atoms with Crippen molar-refractivity contribution in [2.75, 3.05) is 0 Å². The van der Waals surface area contributed by atoms with Crippen molar-refractivity contribution in [2.24, 2.45) is 5.73 Å². The number of rotatable bonds is 6. The summed E-state index contributed by atoms with van der Waals surface area (Å²) in [6, 6.07) is 8.61. The smallest absolute Gasteiger partial charge is 0.249 e. The van der Waals surface area contributed by atoms with Gasteiger partial charge in [-0.3, -0.25) is 4.79 Å². The van der Waals surface area contributed by atoms with Crippen LogP contribution in [0.2, 0.25) is 0 Å². The zero-order valence-electron chi connectivity index (χ0n) is 11.2. The lowest BCUT2D eigenvalue weighted by molar-refractivity contribution is 0.100. The van der Waals surface area contributed by atoms with Crippen LogP contribution in [0.25, 0.3) is 0 Å². The standard InChI is InChI=1S/C15H17FN2OS/c1-10(6-11-2-4-13(16)5-3-11)18-8-14-7-12(9-20-14)15(17)19/h2-5,7,9-10,18H,6,8H2,1H3,(H2,17,19). The van der Waals surface area contributed by atoms with Crippen molar-refractivity contribution in [2.45, 2.75) is 25.9 Å². The molecule has 2 rings (SSSR count).